The van der Waals surface area contributed by atoms with Crippen molar-refractivity contribution >= 4 is 50.2 Å². The Hall–Kier alpha value is -3.70. The normalized spacial score (nSPS) is 17.4. The molecule has 0 aliphatic heterocycles. The fraction of sp³-hybridized carbons (Fsp3) is 0.0370. The monoisotopic (exact) mass is 480 g/mol. The number of hydrogen-bond donors (Lipinski definition) is 0. The molecular weight excluding hydrogens is 468 g/mol. The molecule has 3 aliphatic carbocycles. The van der Waals surface area contributed by atoms with Crippen LogP contribution in [0.4, 0.5) is 0 Å². The van der Waals surface area contributed by atoms with Gasteiger partial charge in [0.15, 0.2) is 23.1 Å². The Morgan fingerprint density at radius 3 is 0.969 bits per heavy atom. The third kappa shape index (κ3) is 2.31. The van der Waals surface area contributed by atoms with Crippen molar-refractivity contribution in [3.63, 3.8) is 0 Å². The molecular formula is C27H13BrO4. The molecule has 5 heteroatoms. The molecule has 0 fully saturated rings. The van der Waals surface area contributed by atoms with Crippen LogP contribution in [0.5, 0.6) is 0 Å². The minimum absolute atomic E-state index is 0.0894. The van der Waals surface area contributed by atoms with Crippen LogP contribution in [0.2, 0.25) is 0 Å². The van der Waals surface area contributed by atoms with Crippen molar-refractivity contribution in [2.75, 3.05) is 0 Å². The van der Waals surface area contributed by atoms with E-state index in [2.05, 4.69) is 15.9 Å². The lowest BCUT2D eigenvalue weighted by atomic mass is 9.97. The summed E-state index contributed by atoms with van der Waals surface area (Å²) in [6.45, 7) is 0. The molecule has 0 unspecified atom stereocenters. The molecule has 4 nitrogen and oxygen atoms in total. The number of rotatable bonds is 0. The maximum absolute atomic E-state index is 13.2. The molecule has 0 amide bonds. The summed E-state index contributed by atoms with van der Waals surface area (Å²) in [5.74, 6) is -1.34. The second kappa shape index (κ2) is 6.65. The second-order valence-electron chi connectivity index (χ2n) is 7.89. The standard InChI is InChI=1S/C27H13BrO4/c28-23-19(21-24(29)15-9-3-4-10-16(15)25(21)30)13-7-1-2-8-14(13)20(23)22-26(31)17-11-5-6-12-18(17)27(22)32/h1-12,23H. The molecule has 0 radical (unpaired) electrons. The maximum atomic E-state index is 13.2. The Morgan fingerprint density at radius 1 is 0.438 bits per heavy atom. The summed E-state index contributed by atoms with van der Waals surface area (Å²) < 4.78 is 0. The molecule has 0 bridgehead atoms. The average Bonchev–Trinajstić information content (AvgIpc) is 3.34. The zero-order valence-electron chi connectivity index (χ0n) is 16.5. The number of allylic oxidation sites excluding steroid dienone is 4. The van der Waals surface area contributed by atoms with Crippen molar-refractivity contribution in [2.45, 2.75) is 4.83 Å². The predicted molar refractivity (Wildman–Crippen MR) is 123 cm³/mol. The summed E-state index contributed by atoms with van der Waals surface area (Å²) in [5.41, 5.74) is 4.04. The van der Waals surface area contributed by atoms with Gasteiger partial charge in [0.1, 0.15) is 0 Å². The van der Waals surface area contributed by atoms with E-state index in [-0.39, 0.29) is 34.3 Å². The van der Waals surface area contributed by atoms with Crippen molar-refractivity contribution in [3.05, 3.63) is 117 Å². The Morgan fingerprint density at radius 2 is 0.688 bits per heavy atom. The number of fused-ring (bicyclic) bond motifs is 3. The number of halogens is 1. The van der Waals surface area contributed by atoms with Crippen LogP contribution in [0.15, 0.2) is 83.9 Å². The van der Waals surface area contributed by atoms with Crippen molar-refractivity contribution in [3.8, 4) is 0 Å². The number of carbonyl (C=O) groups excluding carboxylic acids is 4. The highest BCUT2D eigenvalue weighted by Gasteiger charge is 2.45. The molecule has 0 spiro atoms. The zero-order chi connectivity index (χ0) is 22.1. The highest BCUT2D eigenvalue weighted by molar-refractivity contribution is 9.10. The molecule has 152 valence electrons. The van der Waals surface area contributed by atoms with Crippen molar-refractivity contribution in [2.24, 2.45) is 0 Å². The first kappa shape index (κ1) is 19.0. The fourth-order valence-electron chi connectivity index (χ4n) is 4.89. The second-order valence-corrected chi connectivity index (χ2v) is 8.81. The first-order valence-electron chi connectivity index (χ1n) is 10.1. The van der Waals surface area contributed by atoms with Crippen molar-refractivity contribution in [1.29, 1.82) is 0 Å². The van der Waals surface area contributed by atoms with E-state index >= 15 is 0 Å². The molecule has 3 aliphatic rings. The molecule has 6 rings (SSSR count). The quantitative estimate of drug-likeness (QED) is 0.254. The lowest BCUT2D eigenvalue weighted by molar-refractivity contribution is 0.0974. The Balaban J connectivity index is 1.64. The molecule has 0 saturated heterocycles. The number of hydrogen-bond acceptors (Lipinski definition) is 4. The fourth-order valence-corrected chi connectivity index (χ4v) is 5.84. The lowest BCUT2D eigenvalue weighted by Crippen LogP contribution is -2.12. The summed E-state index contributed by atoms with van der Waals surface area (Å²) in [6.07, 6.45) is 0. The number of carbonyl (C=O) groups is 4. The maximum Gasteiger partial charge on any atom is 0.198 e. The van der Waals surface area contributed by atoms with Gasteiger partial charge in [0.05, 0.1) is 16.0 Å². The van der Waals surface area contributed by atoms with E-state index in [1.807, 2.05) is 24.3 Å². The summed E-state index contributed by atoms with van der Waals surface area (Å²) in [5, 5.41) is 0. The molecule has 0 N–H and O–H groups in total. The van der Waals surface area contributed by atoms with Crippen LogP contribution in [-0.4, -0.2) is 28.0 Å². The van der Waals surface area contributed by atoms with Gasteiger partial charge in [0.25, 0.3) is 0 Å². The summed E-state index contributed by atoms with van der Waals surface area (Å²) in [7, 11) is 0. The molecule has 0 aromatic heterocycles. The van der Waals surface area contributed by atoms with E-state index < -0.39 is 4.83 Å². The Bertz CT molecular complexity index is 1320. The van der Waals surface area contributed by atoms with E-state index in [4.69, 9.17) is 0 Å². The highest BCUT2D eigenvalue weighted by atomic mass is 79.9. The van der Waals surface area contributed by atoms with Crippen LogP contribution < -0.4 is 0 Å². The van der Waals surface area contributed by atoms with Crippen LogP contribution in [0, 0.1) is 0 Å². The van der Waals surface area contributed by atoms with Gasteiger partial charge in [-0.1, -0.05) is 88.7 Å². The average molecular weight is 481 g/mol. The van der Waals surface area contributed by atoms with E-state index in [1.165, 1.54) is 0 Å². The highest BCUT2D eigenvalue weighted by Crippen LogP contribution is 2.51. The number of benzene rings is 3. The third-order valence-corrected chi connectivity index (χ3v) is 7.21. The summed E-state index contributed by atoms with van der Waals surface area (Å²) in [4.78, 5) is 52.3. The zero-order valence-corrected chi connectivity index (χ0v) is 18.1. The molecule has 3 aromatic carbocycles. The van der Waals surface area contributed by atoms with E-state index in [0.29, 0.717) is 44.5 Å². The van der Waals surface area contributed by atoms with Crippen LogP contribution in [0.3, 0.4) is 0 Å². The van der Waals surface area contributed by atoms with Crippen LogP contribution in [-0.2, 0) is 0 Å². The van der Waals surface area contributed by atoms with E-state index in [1.54, 1.807) is 48.5 Å². The molecule has 0 heterocycles. The first-order chi connectivity index (χ1) is 15.5. The van der Waals surface area contributed by atoms with Gasteiger partial charge >= 0.3 is 0 Å². The topological polar surface area (TPSA) is 68.3 Å². The van der Waals surface area contributed by atoms with Gasteiger partial charge < -0.3 is 0 Å². The predicted octanol–water partition coefficient (Wildman–Crippen LogP) is 5.13. The molecule has 3 aromatic rings. The largest absolute Gasteiger partial charge is 0.288 e. The van der Waals surface area contributed by atoms with Gasteiger partial charge in [-0.2, -0.15) is 0 Å². The summed E-state index contributed by atoms with van der Waals surface area (Å²) >= 11 is 3.65. The number of alkyl halides is 1. The summed E-state index contributed by atoms with van der Waals surface area (Å²) in [6, 6.07) is 20.8. The van der Waals surface area contributed by atoms with E-state index in [9.17, 15) is 19.2 Å². The van der Waals surface area contributed by atoms with Gasteiger partial charge in [0.2, 0.25) is 0 Å². The minimum atomic E-state index is -0.644. The van der Waals surface area contributed by atoms with Gasteiger partial charge in [0, 0.05) is 22.3 Å². The Kier molecular flexibility index (Phi) is 3.95. The van der Waals surface area contributed by atoms with Crippen LogP contribution in [0.25, 0.3) is 11.1 Å². The lowest BCUT2D eigenvalue weighted by Gasteiger charge is -2.11. The van der Waals surface area contributed by atoms with Gasteiger partial charge in [-0.05, 0) is 22.3 Å². The Labute approximate surface area is 191 Å². The van der Waals surface area contributed by atoms with Gasteiger partial charge in [-0.3, -0.25) is 19.2 Å². The first-order valence-corrected chi connectivity index (χ1v) is 11.0. The van der Waals surface area contributed by atoms with E-state index in [0.717, 1.165) is 0 Å². The molecule has 0 saturated carbocycles. The van der Waals surface area contributed by atoms with Crippen LogP contribution >= 0.6 is 15.9 Å². The van der Waals surface area contributed by atoms with Crippen LogP contribution in [0.1, 0.15) is 52.6 Å². The minimum Gasteiger partial charge on any atom is -0.288 e. The van der Waals surface area contributed by atoms with Crippen molar-refractivity contribution < 1.29 is 19.2 Å². The third-order valence-electron chi connectivity index (χ3n) is 6.29. The smallest absolute Gasteiger partial charge is 0.198 e. The number of ketones is 4. The van der Waals surface area contributed by atoms with Gasteiger partial charge in [-0.25, -0.2) is 0 Å². The molecule has 0 atom stereocenters. The van der Waals surface area contributed by atoms with Crippen molar-refractivity contribution in [1.82, 2.24) is 0 Å². The molecule has 32 heavy (non-hydrogen) atoms. The van der Waals surface area contributed by atoms with Gasteiger partial charge in [-0.15, -0.1) is 0 Å². The number of Topliss-reactive ketones (excluding diaryl/α,β-unsaturated/α-hetero) is 4. The SMILES string of the molecule is O=C1C(=C2c3ccccc3C(=C3C(=O)c4ccccc4C3=O)C2Br)C(=O)c2ccccc21.